The normalized spacial score (nSPS) is 18.1. The summed E-state index contributed by atoms with van der Waals surface area (Å²) in [6, 6.07) is 22.1. The van der Waals surface area contributed by atoms with E-state index in [1.165, 1.54) is 12.1 Å². The third-order valence-corrected chi connectivity index (χ3v) is 7.03. The van der Waals surface area contributed by atoms with E-state index in [1.54, 1.807) is 17.0 Å². The molecule has 0 saturated carbocycles. The average Bonchev–Trinajstić information content (AvgIpc) is 3.35. The van der Waals surface area contributed by atoms with E-state index in [0.717, 1.165) is 36.2 Å². The maximum absolute atomic E-state index is 12.8. The fourth-order valence-electron chi connectivity index (χ4n) is 4.92. The number of hydrogen-bond donors (Lipinski definition) is 1. The van der Waals surface area contributed by atoms with Crippen LogP contribution in [-0.4, -0.2) is 59.9 Å². The van der Waals surface area contributed by atoms with Crippen molar-refractivity contribution < 1.29 is 22.8 Å². The molecule has 3 aromatic carbocycles. The van der Waals surface area contributed by atoms with E-state index in [4.69, 9.17) is 0 Å². The number of rotatable bonds is 6. The van der Waals surface area contributed by atoms with Crippen molar-refractivity contribution in [1.29, 1.82) is 0 Å². The van der Waals surface area contributed by atoms with Crippen molar-refractivity contribution in [1.82, 2.24) is 15.1 Å². The molecule has 5 nitrogen and oxygen atoms in total. The molecule has 0 radical (unpaired) electrons. The summed E-state index contributed by atoms with van der Waals surface area (Å²) in [6.07, 6.45) is -2.96. The lowest BCUT2D eigenvalue weighted by Gasteiger charge is -2.41. The van der Waals surface area contributed by atoms with Crippen LogP contribution in [-0.2, 0) is 12.6 Å². The number of amides is 2. The van der Waals surface area contributed by atoms with Crippen LogP contribution in [0.1, 0.15) is 43.8 Å². The van der Waals surface area contributed by atoms with Gasteiger partial charge in [0.15, 0.2) is 0 Å². The minimum atomic E-state index is -4.34. The highest BCUT2D eigenvalue weighted by Crippen LogP contribution is 2.29. The van der Waals surface area contributed by atoms with Crippen LogP contribution in [0.5, 0.6) is 0 Å². The van der Waals surface area contributed by atoms with Crippen LogP contribution in [0.3, 0.4) is 0 Å². The second-order valence-electron chi connectivity index (χ2n) is 9.74. The van der Waals surface area contributed by atoms with Gasteiger partial charge >= 0.3 is 6.18 Å². The third kappa shape index (κ3) is 5.85. The lowest BCUT2D eigenvalue weighted by molar-refractivity contribution is -0.137. The molecule has 1 N–H and O–H groups in total. The zero-order chi connectivity index (χ0) is 26.0. The van der Waals surface area contributed by atoms with E-state index in [0.29, 0.717) is 37.2 Å². The van der Waals surface area contributed by atoms with Crippen molar-refractivity contribution in [2.24, 2.45) is 0 Å². The molecule has 2 aliphatic rings. The molecule has 2 aliphatic heterocycles. The van der Waals surface area contributed by atoms with E-state index >= 15 is 0 Å². The van der Waals surface area contributed by atoms with Crippen molar-refractivity contribution in [3.8, 4) is 0 Å². The summed E-state index contributed by atoms with van der Waals surface area (Å²) in [4.78, 5) is 29.2. The summed E-state index contributed by atoms with van der Waals surface area (Å²) in [7, 11) is 0. The molecular formula is C29H28F3N3O2. The summed E-state index contributed by atoms with van der Waals surface area (Å²) in [5, 5.41) is 3.58. The highest BCUT2D eigenvalue weighted by Gasteiger charge is 2.35. The van der Waals surface area contributed by atoms with Crippen LogP contribution in [0.4, 0.5) is 13.2 Å². The molecule has 2 fully saturated rings. The minimum absolute atomic E-state index is 0.0357. The largest absolute Gasteiger partial charge is 0.416 e. The third-order valence-electron chi connectivity index (χ3n) is 7.03. The van der Waals surface area contributed by atoms with Crippen LogP contribution in [0.25, 0.3) is 0 Å². The number of carbonyl (C=O) groups is 2. The highest BCUT2D eigenvalue weighted by molar-refractivity contribution is 5.95. The molecule has 2 amide bonds. The lowest BCUT2D eigenvalue weighted by atomic mass is 10.0. The highest BCUT2D eigenvalue weighted by atomic mass is 19.4. The van der Waals surface area contributed by atoms with Crippen LogP contribution in [0, 0.1) is 0 Å². The Morgan fingerprint density at radius 1 is 0.730 bits per heavy atom. The predicted molar refractivity (Wildman–Crippen MR) is 134 cm³/mol. The van der Waals surface area contributed by atoms with E-state index in [2.05, 4.69) is 5.32 Å². The second-order valence-corrected chi connectivity index (χ2v) is 9.74. The molecule has 8 heteroatoms. The number of hydrogen-bond acceptors (Lipinski definition) is 3. The first-order valence-corrected chi connectivity index (χ1v) is 12.4. The molecule has 37 heavy (non-hydrogen) atoms. The van der Waals surface area contributed by atoms with Crippen molar-refractivity contribution in [3.05, 3.63) is 107 Å². The molecule has 0 bridgehead atoms. The quantitative estimate of drug-likeness (QED) is 0.530. The molecule has 192 valence electrons. The van der Waals surface area contributed by atoms with Crippen LogP contribution >= 0.6 is 0 Å². The Morgan fingerprint density at radius 2 is 1.27 bits per heavy atom. The van der Waals surface area contributed by atoms with E-state index < -0.39 is 11.7 Å². The van der Waals surface area contributed by atoms with Crippen molar-refractivity contribution in [3.63, 3.8) is 0 Å². The zero-order valence-corrected chi connectivity index (χ0v) is 20.2. The second kappa shape index (κ2) is 10.4. The van der Waals surface area contributed by atoms with Gasteiger partial charge in [-0.1, -0.05) is 42.5 Å². The number of benzene rings is 3. The van der Waals surface area contributed by atoms with E-state index in [1.807, 2.05) is 47.4 Å². The maximum atomic E-state index is 12.8. The monoisotopic (exact) mass is 507 g/mol. The van der Waals surface area contributed by atoms with Crippen LogP contribution in [0.15, 0.2) is 78.9 Å². The summed E-state index contributed by atoms with van der Waals surface area (Å²) >= 11 is 0. The Morgan fingerprint density at radius 3 is 1.89 bits per heavy atom. The zero-order valence-electron chi connectivity index (χ0n) is 20.2. The number of alkyl halides is 3. The Balaban J connectivity index is 1.07. The fraction of sp³-hybridized carbons (Fsp3) is 0.310. The van der Waals surface area contributed by atoms with Gasteiger partial charge in [0.1, 0.15) is 0 Å². The Labute approximate surface area is 213 Å². The van der Waals surface area contributed by atoms with Gasteiger partial charge in [0.05, 0.1) is 5.56 Å². The van der Waals surface area contributed by atoms with E-state index in [9.17, 15) is 22.8 Å². The van der Waals surface area contributed by atoms with Gasteiger partial charge in [0.25, 0.3) is 11.8 Å². The topological polar surface area (TPSA) is 52.7 Å². The molecule has 0 aromatic heterocycles. The van der Waals surface area contributed by atoms with Gasteiger partial charge in [-0.25, -0.2) is 0 Å². The van der Waals surface area contributed by atoms with Crippen LogP contribution in [0.2, 0.25) is 0 Å². The van der Waals surface area contributed by atoms with Crippen molar-refractivity contribution in [2.75, 3.05) is 26.2 Å². The average molecular weight is 508 g/mol. The lowest BCUT2D eigenvalue weighted by Crippen LogP contribution is -2.62. The molecule has 0 aliphatic carbocycles. The van der Waals surface area contributed by atoms with Gasteiger partial charge in [-0.15, -0.1) is 0 Å². The predicted octanol–water partition coefficient (Wildman–Crippen LogP) is 4.62. The summed E-state index contributed by atoms with van der Waals surface area (Å²) in [5.41, 5.74) is 2.34. The minimum Gasteiger partial charge on any atom is -0.337 e. The van der Waals surface area contributed by atoms with Gasteiger partial charge in [-0.05, 0) is 60.4 Å². The van der Waals surface area contributed by atoms with Gasteiger partial charge in [0.2, 0.25) is 0 Å². The van der Waals surface area contributed by atoms with Crippen molar-refractivity contribution >= 4 is 11.8 Å². The number of nitrogens with zero attached hydrogens (tertiary/aromatic N) is 2. The molecule has 0 spiro atoms. The molecule has 5 rings (SSSR count). The smallest absolute Gasteiger partial charge is 0.337 e. The number of carbonyl (C=O) groups excluding carboxylic acids is 2. The molecular weight excluding hydrogens is 479 g/mol. The summed E-state index contributed by atoms with van der Waals surface area (Å²) in [5.74, 6) is 0.0171. The van der Waals surface area contributed by atoms with E-state index in [-0.39, 0.29) is 23.9 Å². The molecule has 2 saturated heterocycles. The van der Waals surface area contributed by atoms with Crippen molar-refractivity contribution in [2.45, 2.75) is 31.1 Å². The van der Waals surface area contributed by atoms with Gasteiger partial charge < -0.3 is 15.1 Å². The number of halogens is 3. The molecule has 0 unspecified atom stereocenters. The SMILES string of the molecule is O=C(c1ccc(Cc2ccc(C(F)(F)F)cc2)cc1)N1CC(N[C@H]2CCN(C(=O)c3ccccc3)C2)C1. The Hall–Kier alpha value is -3.65. The summed E-state index contributed by atoms with van der Waals surface area (Å²) < 4.78 is 38.2. The number of nitrogens with one attached hydrogen (secondary N) is 1. The van der Waals surface area contributed by atoms with Gasteiger partial charge in [0, 0.05) is 49.4 Å². The molecule has 2 heterocycles. The molecule has 1 atom stereocenters. The first kappa shape index (κ1) is 25.0. The standard InChI is InChI=1S/C29H28F3N3O2/c30-29(31,32)24-12-8-21(9-13-24)16-20-6-10-23(11-7-20)28(37)35-18-26(19-35)33-25-14-15-34(17-25)27(36)22-4-2-1-3-5-22/h1-13,25-26,33H,14-19H2/t25-/m0/s1. The summed E-state index contributed by atoms with van der Waals surface area (Å²) in [6.45, 7) is 2.63. The maximum Gasteiger partial charge on any atom is 0.416 e. The first-order valence-electron chi connectivity index (χ1n) is 12.4. The van der Waals surface area contributed by atoms with Gasteiger partial charge in [-0.2, -0.15) is 13.2 Å². The first-order chi connectivity index (χ1) is 17.8. The van der Waals surface area contributed by atoms with Gasteiger partial charge in [-0.3, -0.25) is 9.59 Å². The fourth-order valence-corrected chi connectivity index (χ4v) is 4.92. The van der Waals surface area contributed by atoms with Crippen LogP contribution < -0.4 is 5.32 Å². The Kier molecular flexibility index (Phi) is 7.02. The Bertz CT molecular complexity index is 1240. The molecule has 3 aromatic rings. The number of likely N-dealkylation sites (tertiary alicyclic amines) is 2.